The van der Waals surface area contributed by atoms with Crippen LogP contribution in [0.3, 0.4) is 0 Å². The smallest absolute Gasteiger partial charge is 0.248 e. The summed E-state index contributed by atoms with van der Waals surface area (Å²) in [6, 6.07) is 18.8. The number of fused-ring (bicyclic) bond motifs is 1. The molecule has 2 heterocycles. The summed E-state index contributed by atoms with van der Waals surface area (Å²) in [5.74, 6) is 1.76. The number of benzene rings is 3. The fraction of sp³-hybridized carbons (Fsp3) is 0.0870. The van der Waals surface area contributed by atoms with Gasteiger partial charge in [-0.1, -0.05) is 18.2 Å². The van der Waals surface area contributed by atoms with Crippen LogP contribution in [0.25, 0.3) is 45.3 Å². The molecule has 0 aliphatic heterocycles. The lowest BCUT2D eigenvalue weighted by molar-refractivity contribution is 0.475. The van der Waals surface area contributed by atoms with Crippen LogP contribution in [-0.2, 0) is 0 Å². The van der Waals surface area contributed by atoms with Crippen LogP contribution in [0.1, 0.15) is 11.1 Å². The number of H-pyrrole nitrogens is 1. The number of aromatic nitrogens is 4. The summed E-state index contributed by atoms with van der Waals surface area (Å²) in [4.78, 5) is 8.09. The zero-order valence-electron chi connectivity index (χ0n) is 16.0. The largest absolute Gasteiger partial charge is 0.508 e. The highest BCUT2D eigenvalue weighted by Crippen LogP contribution is 2.28. The molecule has 142 valence electrons. The minimum atomic E-state index is 0.155. The van der Waals surface area contributed by atoms with E-state index in [0.717, 1.165) is 28.0 Å². The van der Waals surface area contributed by atoms with E-state index in [1.54, 1.807) is 18.2 Å². The molecule has 0 spiro atoms. The molecule has 0 saturated heterocycles. The minimum absolute atomic E-state index is 0.155. The van der Waals surface area contributed by atoms with E-state index in [9.17, 15) is 5.11 Å². The van der Waals surface area contributed by atoms with Crippen LogP contribution in [0, 0.1) is 13.8 Å². The Labute approximate surface area is 166 Å². The van der Waals surface area contributed by atoms with E-state index in [-0.39, 0.29) is 5.75 Å². The molecule has 0 amide bonds. The molecule has 2 aromatic heterocycles. The lowest BCUT2D eigenvalue weighted by Crippen LogP contribution is -1.82. The van der Waals surface area contributed by atoms with Crippen LogP contribution in [-0.4, -0.2) is 25.3 Å². The predicted molar refractivity (Wildman–Crippen MR) is 111 cm³/mol. The van der Waals surface area contributed by atoms with Crippen molar-refractivity contribution in [3.63, 3.8) is 0 Å². The van der Waals surface area contributed by atoms with Crippen molar-refractivity contribution in [1.82, 2.24) is 20.2 Å². The molecule has 0 atom stereocenters. The zero-order valence-corrected chi connectivity index (χ0v) is 16.0. The van der Waals surface area contributed by atoms with Crippen molar-refractivity contribution in [3.8, 4) is 40.0 Å². The standard InChI is InChI=1S/C23H18N4O2/c1-13-10-19-20(11-14(13)2)25-21(24-19)15-6-8-16(9-7-15)22-26-27-23(29-22)17-4-3-5-18(28)12-17/h3-12,28H,1-2H3,(H,24,25). The third-order valence-electron chi connectivity index (χ3n) is 5.02. The molecular formula is C23H18N4O2. The molecule has 6 heteroatoms. The quantitative estimate of drug-likeness (QED) is 0.444. The van der Waals surface area contributed by atoms with E-state index in [0.29, 0.717) is 17.3 Å². The Morgan fingerprint density at radius 1 is 0.793 bits per heavy atom. The minimum Gasteiger partial charge on any atom is -0.508 e. The summed E-state index contributed by atoms with van der Waals surface area (Å²) in [7, 11) is 0. The SMILES string of the molecule is Cc1cc2nc(-c3ccc(-c4nnc(-c5cccc(O)c5)o4)cc3)[nH]c2cc1C. The first-order valence-corrected chi connectivity index (χ1v) is 9.27. The maximum atomic E-state index is 9.62. The summed E-state index contributed by atoms with van der Waals surface area (Å²) < 4.78 is 5.77. The van der Waals surface area contributed by atoms with Gasteiger partial charge in [0.25, 0.3) is 0 Å². The zero-order chi connectivity index (χ0) is 20.0. The van der Waals surface area contributed by atoms with Crippen molar-refractivity contribution in [2.45, 2.75) is 13.8 Å². The summed E-state index contributed by atoms with van der Waals surface area (Å²) in [6.45, 7) is 4.19. The number of imidazole rings is 1. The third kappa shape index (κ3) is 3.14. The Kier molecular flexibility index (Phi) is 3.91. The van der Waals surface area contributed by atoms with Gasteiger partial charge in [0.2, 0.25) is 11.8 Å². The number of aromatic hydroxyl groups is 1. The first-order chi connectivity index (χ1) is 14.1. The van der Waals surface area contributed by atoms with Crippen LogP contribution in [0.2, 0.25) is 0 Å². The molecule has 0 aliphatic carbocycles. The van der Waals surface area contributed by atoms with Crippen molar-refractivity contribution in [1.29, 1.82) is 0 Å². The van der Waals surface area contributed by atoms with Crippen LogP contribution in [0.4, 0.5) is 0 Å². The van der Waals surface area contributed by atoms with E-state index < -0.39 is 0 Å². The Hall–Kier alpha value is -3.93. The normalized spacial score (nSPS) is 11.2. The lowest BCUT2D eigenvalue weighted by atomic mass is 10.1. The number of nitrogens with one attached hydrogen (secondary N) is 1. The molecule has 0 radical (unpaired) electrons. The second-order valence-electron chi connectivity index (χ2n) is 7.08. The van der Waals surface area contributed by atoms with Crippen LogP contribution >= 0.6 is 0 Å². The van der Waals surface area contributed by atoms with Gasteiger partial charge in [0.05, 0.1) is 11.0 Å². The van der Waals surface area contributed by atoms with E-state index in [1.165, 1.54) is 11.1 Å². The van der Waals surface area contributed by atoms with E-state index in [2.05, 4.69) is 41.2 Å². The van der Waals surface area contributed by atoms with Crippen LogP contribution < -0.4 is 0 Å². The molecule has 0 bridgehead atoms. The number of aryl methyl sites for hydroxylation is 2. The summed E-state index contributed by atoms with van der Waals surface area (Å²) >= 11 is 0. The highest BCUT2D eigenvalue weighted by molar-refractivity contribution is 5.81. The molecule has 0 fully saturated rings. The number of phenolic OH excluding ortho intramolecular Hbond substituents is 1. The van der Waals surface area contributed by atoms with Gasteiger partial charge in [-0.25, -0.2) is 4.98 Å². The van der Waals surface area contributed by atoms with Crippen molar-refractivity contribution in [2.24, 2.45) is 0 Å². The van der Waals surface area contributed by atoms with Gasteiger partial charge in [0, 0.05) is 16.7 Å². The van der Waals surface area contributed by atoms with Gasteiger partial charge >= 0.3 is 0 Å². The molecule has 0 unspecified atom stereocenters. The fourth-order valence-electron chi connectivity index (χ4n) is 3.27. The Balaban J connectivity index is 1.45. The van der Waals surface area contributed by atoms with Gasteiger partial charge in [-0.05, 0) is 67.4 Å². The molecule has 0 aliphatic rings. The number of aromatic amines is 1. The molecule has 3 aromatic carbocycles. The first-order valence-electron chi connectivity index (χ1n) is 9.27. The first kappa shape index (κ1) is 17.2. The molecule has 6 nitrogen and oxygen atoms in total. The molecule has 5 aromatic rings. The van der Waals surface area contributed by atoms with Crippen LogP contribution in [0.15, 0.2) is 65.1 Å². The highest BCUT2D eigenvalue weighted by Gasteiger charge is 2.12. The van der Waals surface area contributed by atoms with Crippen LogP contribution in [0.5, 0.6) is 5.75 Å². The highest BCUT2D eigenvalue weighted by atomic mass is 16.4. The lowest BCUT2D eigenvalue weighted by Gasteiger charge is -1.99. The number of rotatable bonds is 3. The van der Waals surface area contributed by atoms with Gasteiger partial charge < -0.3 is 14.5 Å². The predicted octanol–water partition coefficient (Wildman–Crippen LogP) is 5.27. The third-order valence-corrected chi connectivity index (χ3v) is 5.02. The average molecular weight is 382 g/mol. The fourth-order valence-corrected chi connectivity index (χ4v) is 3.27. The van der Waals surface area contributed by atoms with Crippen molar-refractivity contribution < 1.29 is 9.52 Å². The Morgan fingerprint density at radius 3 is 2.24 bits per heavy atom. The molecule has 2 N–H and O–H groups in total. The number of phenols is 1. The summed E-state index contributed by atoms with van der Waals surface area (Å²) in [6.07, 6.45) is 0. The molecule has 0 saturated carbocycles. The van der Waals surface area contributed by atoms with Gasteiger partial charge in [-0.2, -0.15) is 0 Å². The van der Waals surface area contributed by atoms with Crippen molar-refractivity contribution in [2.75, 3.05) is 0 Å². The second-order valence-corrected chi connectivity index (χ2v) is 7.08. The Bertz CT molecular complexity index is 1290. The topological polar surface area (TPSA) is 87.8 Å². The average Bonchev–Trinajstić information content (AvgIpc) is 3.36. The number of nitrogens with zero attached hydrogens (tertiary/aromatic N) is 3. The van der Waals surface area contributed by atoms with E-state index in [1.807, 2.05) is 30.3 Å². The van der Waals surface area contributed by atoms with E-state index in [4.69, 9.17) is 9.40 Å². The van der Waals surface area contributed by atoms with Gasteiger partial charge in [0.15, 0.2) is 0 Å². The van der Waals surface area contributed by atoms with Crippen molar-refractivity contribution in [3.05, 3.63) is 71.8 Å². The summed E-state index contributed by atoms with van der Waals surface area (Å²) in [5.41, 5.74) is 6.92. The van der Waals surface area contributed by atoms with Gasteiger partial charge in [-0.3, -0.25) is 0 Å². The number of hydrogen-bond donors (Lipinski definition) is 2. The number of hydrogen-bond acceptors (Lipinski definition) is 5. The monoisotopic (exact) mass is 382 g/mol. The molecule has 5 rings (SSSR count). The molecule has 29 heavy (non-hydrogen) atoms. The van der Waals surface area contributed by atoms with E-state index >= 15 is 0 Å². The van der Waals surface area contributed by atoms with Gasteiger partial charge in [0.1, 0.15) is 11.6 Å². The summed E-state index contributed by atoms with van der Waals surface area (Å²) in [5, 5.41) is 17.8. The van der Waals surface area contributed by atoms with Gasteiger partial charge in [-0.15, -0.1) is 10.2 Å². The maximum Gasteiger partial charge on any atom is 0.248 e. The van der Waals surface area contributed by atoms with Crippen molar-refractivity contribution >= 4 is 11.0 Å². The molecular weight excluding hydrogens is 364 g/mol. The Morgan fingerprint density at radius 2 is 1.48 bits per heavy atom. The maximum absolute atomic E-state index is 9.62. The second kappa shape index (κ2) is 6.60.